The lowest BCUT2D eigenvalue weighted by molar-refractivity contribution is -0.140. The van der Waals surface area contributed by atoms with Gasteiger partial charge in [-0.1, -0.05) is 45.2 Å². The number of ketones is 1. The van der Waals surface area contributed by atoms with Crippen molar-refractivity contribution < 1.29 is 14.7 Å². The molecular weight excluding hydrogens is 534 g/mol. The molecule has 9 heteroatoms. The zero-order chi connectivity index (χ0) is 28.6. The smallest absolute Gasteiger partial charge is 0.326 e. The highest BCUT2D eigenvalue weighted by molar-refractivity contribution is 8.04. The van der Waals surface area contributed by atoms with E-state index in [-0.39, 0.29) is 11.0 Å². The van der Waals surface area contributed by atoms with E-state index in [1.807, 2.05) is 53.1 Å². The molecule has 2 aliphatic rings. The van der Waals surface area contributed by atoms with Crippen molar-refractivity contribution in [1.82, 2.24) is 24.8 Å². The average Bonchev–Trinajstić information content (AvgIpc) is 3.39. The van der Waals surface area contributed by atoms with E-state index >= 15 is 0 Å². The van der Waals surface area contributed by atoms with Crippen molar-refractivity contribution in [2.24, 2.45) is 5.41 Å². The predicted octanol–water partition coefficient (Wildman–Crippen LogP) is 5.95. The molecule has 0 saturated heterocycles. The number of fused-ring (bicyclic) bond motifs is 1. The van der Waals surface area contributed by atoms with Crippen LogP contribution in [-0.2, 0) is 16.0 Å². The Labute approximate surface area is 243 Å². The van der Waals surface area contributed by atoms with Gasteiger partial charge < -0.3 is 10.4 Å². The third-order valence-electron chi connectivity index (χ3n) is 7.99. The summed E-state index contributed by atoms with van der Waals surface area (Å²) in [6.45, 7) is 4.12. The first kappa shape index (κ1) is 27.2. The summed E-state index contributed by atoms with van der Waals surface area (Å²) >= 11 is 1.54. The molecule has 2 aliphatic carbocycles. The second-order valence-electron chi connectivity index (χ2n) is 11.1. The Bertz CT molecular complexity index is 1620. The standard InChI is InChI=1S/C32H33N5O3S/c1-20(2)41-26-27(32(28(26)38)14-4-3-5-15-32)35-25(31(39)40)18-21-10-12-23(13-11-21)37-29(22-8-6-16-33-19-22)36-24-9-7-17-34-30(24)37/h6-13,16-17,19-20,25,35H,3-5,14-15,18H2,1-2H3,(H,39,40)/t25-/m0/s1. The summed E-state index contributed by atoms with van der Waals surface area (Å²) < 4.78 is 2.00. The van der Waals surface area contributed by atoms with Gasteiger partial charge in [-0.25, -0.2) is 14.8 Å². The number of nitrogens with one attached hydrogen (secondary N) is 1. The zero-order valence-corrected chi connectivity index (χ0v) is 24.0. The second-order valence-corrected chi connectivity index (χ2v) is 12.7. The Morgan fingerprint density at radius 1 is 1.07 bits per heavy atom. The van der Waals surface area contributed by atoms with Crippen molar-refractivity contribution >= 4 is 34.7 Å². The van der Waals surface area contributed by atoms with Crippen molar-refractivity contribution in [1.29, 1.82) is 0 Å². The molecule has 41 heavy (non-hydrogen) atoms. The third kappa shape index (κ3) is 5.03. The van der Waals surface area contributed by atoms with E-state index in [2.05, 4.69) is 29.1 Å². The maximum Gasteiger partial charge on any atom is 0.326 e. The van der Waals surface area contributed by atoms with Gasteiger partial charge in [0.1, 0.15) is 17.4 Å². The van der Waals surface area contributed by atoms with E-state index in [1.165, 1.54) is 0 Å². The first-order valence-corrected chi connectivity index (χ1v) is 15.0. The number of carboxylic acids is 1. The minimum absolute atomic E-state index is 0.192. The number of benzene rings is 1. The van der Waals surface area contributed by atoms with Gasteiger partial charge in [0.2, 0.25) is 0 Å². The lowest BCUT2D eigenvalue weighted by Gasteiger charge is -2.47. The van der Waals surface area contributed by atoms with Gasteiger partial charge in [0.25, 0.3) is 0 Å². The summed E-state index contributed by atoms with van der Waals surface area (Å²) in [5, 5.41) is 13.8. The minimum atomic E-state index is -0.926. The molecule has 6 rings (SSSR count). The lowest BCUT2D eigenvalue weighted by Crippen LogP contribution is -2.54. The van der Waals surface area contributed by atoms with Crippen LogP contribution in [0.5, 0.6) is 0 Å². The van der Waals surface area contributed by atoms with Crippen LogP contribution in [0.4, 0.5) is 0 Å². The van der Waals surface area contributed by atoms with E-state index < -0.39 is 17.4 Å². The number of carbonyl (C=O) groups excluding carboxylic acids is 1. The molecule has 1 saturated carbocycles. The molecule has 8 nitrogen and oxygen atoms in total. The molecule has 1 fully saturated rings. The van der Waals surface area contributed by atoms with Gasteiger partial charge in [-0.3, -0.25) is 14.3 Å². The summed E-state index contributed by atoms with van der Waals surface area (Å²) in [6, 6.07) is 14.6. The van der Waals surface area contributed by atoms with Gasteiger partial charge in [0.15, 0.2) is 11.4 Å². The summed E-state index contributed by atoms with van der Waals surface area (Å²) in [5.41, 5.74) is 4.46. The number of thioether (sulfide) groups is 1. The first-order chi connectivity index (χ1) is 19.9. The Kier molecular flexibility index (Phi) is 7.38. The van der Waals surface area contributed by atoms with Crippen LogP contribution in [0.25, 0.3) is 28.2 Å². The fourth-order valence-electron chi connectivity index (χ4n) is 6.02. The monoisotopic (exact) mass is 567 g/mol. The highest BCUT2D eigenvalue weighted by Crippen LogP contribution is 2.55. The van der Waals surface area contributed by atoms with Crippen LogP contribution in [-0.4, -0.2) is 47.7 Å². The van der Waals surface area contributed by atoms with Crippen LogP contribution in [0.15, 0.2) is 77.7 Å². The minimum Gasteiger partial charge on any atom is -0.480 e. The number of aliphatic carboxylic acids is 1. The molecule has 1 atom stereocenters. The predicted molar refractivity (Wildman–Crippen MR) is 161 cm³/mol. The molecule has 0 radical (unpaired) electrons. The number of pyridine rings is 2. The summed E-state index contributed by atoms with van der Waals surface area (Å²) in [7, 11) is 0. The first-order valence-electron chi connectivity index (χ1n) is 14.2. The number of nitrogens with zero attached hydrogens (tertiary/aromatic N) is 4. The van der Waals surface area contributed by atoms with E-state index in [1.54, 1.807) is 30.4 Å². The molecule has 1 spiro atoms. The number of rotatable bonds is 9. The summed E-state index contributed by atoms with van der Waals surface area (Å²) in [4.78, 5) is 40.1. The van der Waals surface area contributed by atoms with Crippen LogP contribution >= 0.6 is 11.8 Å². The largest absolute Gasteiger partial charge is 0.480 e. The fraction of sp³-hybridized carbons (Fsp3) is 0.344. The lowest BCUT2D eigenvalue weighted by atomic mass is 9.62. The maximum absolute atomic E-state index is 13.3. The van der Waals surface area contributed by atoms with Crippen molar-refractivity contribution in [2.45, 2.75) is 63.7 Å². The number of aromatic nitrogens is 4. The Morgan fingerprint density at radius 3 is 2.51 bits per heavy atom. The van der Waals surface area contributed by atoms with Gasteiger partial charge >= 0.3 is 5.97 Å². The molecule has 4 aromatic rings. The zero-order valence-electron chi connectivity index (χ0n) is 23.2. The molecule has 2 N–H and O–H groups in total. The molecule has 3 heterocycles. The highest BCUT2D eigenvalue weighted by atomic mass is 32.2. The highest BCUT2D eigenvalue weighted by Gasteiger charge is 2.54. The SMILES string of the molecule is CC(C)SC1=C(N[C@@H](Cc2ccc(-n3c(-c4cccnc4)nc4cccnc43)cc2)C(=O)O)C2(CCCCC2)C1=O. The topological polar surface area (TPSA) is 110 Å². The Morgan fingerprint density at radius 2 is 1.83 bits per heavy atom. The molecule has 0 bridgehead atoms. The van der Waals surface area contributed by atoms with E-state index in [0.29, 0.717) is 11.3 Å². The number of hydrogen-bond donors (Lipinski definition) is 2. The van der Waals surface area contributed by atoms with Crippen LogP contribution < -0.4 is 5.32 Å². The quantitative estimate of drug-likeness (QED) is 0.255. The number of carboxylic acid groups (broad SMARTS) is 1. The fourth-order valence-corrected chi connectivity index (χ4v) is 7.17. The van der Waals surface area contributed by atoms with Gasteiger partial charge in [-0.2, -0.15) is 0 Å². The van der Waals surface area contributed by atoms with Crippen LogP contribution in [0.3, 0.4) is 0 Å². The maximum atomic E-state index is 13.3. The number of allylic oxidation sites excluding steroid dienone is 2. The van der Waals surface area contributed by atoms with Gasteiger partial charge in [0, 0.05) is 47.2 Å². The van der Waals surface area contributed by atoms with Crippen LogP contribution in [0.2, 0.25) is 0 Å². The Hall–Kier alpha value is -3.98. The van der Waals surface area contributed by atoms with Crippen molar-refractivity contribution in [2.75, 3.05) is 0 Å². The number of hydrogen-bond acceptors (Lipinski definition) is 7. The molecule has 210 valence electrons. The van der Waals surface area contributed by atoms with Crippen LogP contribution in [0, 0.1) is 5.41 Å². The molecule has 1 aromatic carbocycles. The van der Waals surface area contributed by atoms with Gasteiger partial charge in [0.05, 0.1) is 10.3 Å². The van der Waals surface area contributed by atoms with E-state index in [4.69, 9.17) is 4.98 Å². The average molecular weight is 568 g/mol. The van der Waals surface area contributed by atoms with Crippen molar-refractivity contribution in [3.05, 3.63) is 83.3 Å². The molecule has 3 aromatic heterocycles. The van der Waals surface area contributed by atoms with E-state index in [9.17, 15) is 14.7 Å². The second kappa shape index (κ2) is 11.1. The van der Waals surface area contributed by atoms with Gasteiger partial charge in [-0.15, -0.1) is 11.8 Å². The van der Waals surface area contributed by atoms with Crippen LogP contribution in [0.1, 0.15) is 51.5 Å². The number of carbonyl (C=O) groups is 2. The number of Topliss-reactive ketones (excluding diaryl/α,β-unsaturated/α-hetero) is 1. The van der Waals surface area contributed by atoms with Crippen molar-refractivity contribution in [3.63, 3.8) is 0 Å². The number of imidazole rings is 1. The Balaban J connectivity index is 1.29. The summed E-state index contributed by atoms with van der Waals surface area (Å²) in [6.07, 6.45) is 10.2. The molecule has 0 amide bonds. The van der Waals surface area contributed by atoms with Crippen molar-refractivity contribution in [3.8, 4) is 17.1 Å². The molecule has 0 aliphatic heterocycles. The molecular formula is C32H33N5O3S. The van der Waals surface area contributed by atoms with E-state index in [0.717, 1.165) is 71.6 Å². The summed E-state index contributed by atoms with van der Waals surface area (Å²) in [5.74, 6) is 0.00103. The normalized spacial score (nSPS) is 17.2. The molecule has 0 unspecified atom stereocenters. The van der Waals surface area contributed by atoms with Gasteiger partial charge in [-0.05, 0) is 54.8 Å². The third-order valence-corrected chi connectivity index (χ3v) is 9.09.